The van der Waals surface area contributed by atoms with Crippen molar-refractivity contribution >= 4 is 17.3 Å². The molecule has 0 saturated carbocycles. The van der Waals surface area contributed by atoms with Crippen LogP contribution in [0.4, 0.5) is 11.4 Å². The Morgan fingerprint density at radius 1 is 1.11 bits per heavy atom. The monoisotopic (exact) mass is 517 g/mol. The number of hydrogen-bond donors (Lipinski definition) is 2. The first-order valence-corrected chi connectivity index (χ1v) is 13.6. The van der Waals surface area contributed by atoms with Gasteiger partial charge in [-0.3, -0.25) is 9.59 Å². The quantitative estimate of drug-likeness (QED) is 0.493. The van der Waals surface area contributed by atoms with Crippen molar-refractivity contribution in [3.63, 3.8) is 0 Å². The molecule has 38 heavy (non-hydrogen) atoms. The van der Waals surface area contributed by atoms with Crippen LogP contribution in [0.1, 0.15) is 63.6 Å². The minimum Gasteiger partial charge on any atom is -0.381 e. The molecule has 0 spiro atoms. The molecule has 5 rings (SSSR count). The lowest BCUT2D eigenvalue weighted by Gasteiger charge is -2.37. The Kier molecular flexibility index (Phi) is 7.34. The van der Waals surface area contributed by atoms with Crippen LogP contribution in [-0.2, 0) is 31.4 Å². The highest BCUT2D eigenvalue weighted by Gasteiger charge is 2.27. The van der Waals surface area contributed by atoms with Crippen LogP contribution in [0, 0.1) is 20.8 Å². The fraction of sp³-hybridized carbons (Fsp3) is 0.467. The lowest BCUT2D eigenvalue weighted by atomic mass is 9.99. The van der Waals surface area contributed by atoms with E-state index in [2.05, 4.69) is 57.1 Å². The van der Waals surface area contributed by atoms with E-state index in [9.17, 15) is 9.59 Å². The van der Waals surface area contributed by atoms with Crippen molar-refractivity contribution in [3.8, 4) is 0 Å². The Bertz CT molecular complexity index is 1380. The number of aromatic nitrogens is 2. The predicted molar refractivity (Wildman–Crippen MR) is 151 cm³/mol. The topological polar surface area (TPSA) is 82.6 Å². The van der Waals surface area contributed by atoms with Crippen molar-refractivity contribution in [2.75, 3.05) is 29.6 Å². The lowest BCUT2D eigenvalue weighted by Crippen LogP contribution is -2.40. The van der Waals surface area contributed by atoms with E-state index in [1.165, 1.54) is 11.1 Å². The summed E-state index contributed by atoms with van der Waals surface area (Å²) >= 11 is 0. The first kappa shape index (κ1) is 26.1. The first-order valence-electron chi connectivity index (χ1n) is 13.6. The van der Waals surface area contributed by atoms with Crippen LogP contribution < -0.4 is 20.7 Å². The van der Waals surface area contributed by atoms with E-state index in [1.807, 2.05) is 32.9 Å². The van der Waals surface area contributed by atoms with Gasteiger partial charge in [-0.05, 0) is 81.0 Å². The van der Waals surface area contributed by atoms with E-state index in [4.69, 9.17) is 4.74 Å². The van der Waals surface area contributed by atoms with Gasteiger partial charge in [0.1, 0.15) is 0 Å². The number of hydrogen-bond acceptors (Lipinski definition) is 5. The van der Waals surface area contributed by atoms with Crippen molar-refractivity contribution < 1.29 is 9.53 Å². The zero-order chi connectivity index (χ0) is 27.0. The van der Waals surface area contributed by atoms with Crippen molar-refractivity contribution in [2.24, 2.45) is 7.05 Å². The number of carbonyl (C=O) groups excluding carboxylic acids is 1. The van der Waals surface area contributed by atoms with E-state index < -0.39 is 0 Å². The maximum Gasteiger partial charge on any atom is 0.253 e. The summed E-state index contributed by atoms with van der Waals surface area (Å²) in [6.07, 6.45) is 6.31. The maximum atomic E-state index is 13.7. The molecule has 2 aliphatic heterocycles. The molecular weight excluding hydrogens is 478 g/mol. The van der Waals surface area contributed by atoms with Crippen molar-refractivity contribution in [2.45, 2.75) is 66.2 Å². The van der Waals surface area contributed by atoms with Crippen LogP contribution in [0.5, 0.6) is 0 Å². The second-order valence-electron chi connectivity index (χ2n) is 10.7. The summed E-state index contributed by atoms with van der Waals surface area (Å²) in [5.74, 6) is -0.162. The molecule has 8 nitrogen and oxygen atoms in total. The van der Waals surface area contributed by atoms with Gasteiger partial charge in [-0.1, -0.05) is 0 Å². The zero-order valence-corrected chi connectivity index (χ0v) is 23.2. The number of anilines is 2. The van der Waals surface area contributed by atoms with Crippen molar-refractivity contribution in [1.82, 2.24) is 14.9 Å². The van der Waals surface area contributed by atoms with Crippen molar-refractivity contribution in [1.29, 1.82) is 0 Å². The van der Waals surface area contributed by atoms with Gasteiger partial charge < -0.3 is 29.4 Å². The largest absolute Gasteiger partial charge is 0.381 e. The highest BCUT2D eigenvalue weighted by molar-refractivity contribution is 5.98. The van der Waals surface area contributed by atoms with Crippen molar-refractivity contribution in [3.05, 3.63) is 80.0 Å². The molecule has 4 heterocycles. The molecule has 1 amide bonds. The fourth-order valence-corrected chi connectivity index (χ4v) is 6.02. The smallest absolute Gasteiger partial charge is 0.253 e. The van der Waals surface area contributed by atoms with Gasteiger partial charge in [-0.25, -0.2) is 0 Å². The molecule has 1 aromatic carbocycles. The van der Waals surface area contributed by atoms with Crippen LogP contribution >= 0.6 is 0 Å². The number of benzene rings is 1. The fourth-order valence-electron chi connectivity index (χ4n) is 6.02. The summed E-state index contributed by atoms with van der Waals surface area (Å²) in [6.45, 7) is 12.2. The highest BCUT2D eigenvalue weighted by atomic mass is 16.5. The highest BCUT2D eigenvalue weighted by Crippen LogP contribution is 2.36. The van der Waals surface area contributed by atoms with E-state index in [1.54, 1.807) is 0 Å². The van der Waals surface area contributed by atoms with Gasteiger partial charge in [0, 0.05) is 93.1 Å². The molecule has 2 aliphatic rings. The second-order valence-corrected chi connectivity index (χ2v) is 10.7. The normalized spacial score (nSPS) is 15.6. The number of amides is 1. The number of H-pyrrole nitrogens is 1. The number of aryl methyl sites for hydroxylation is 3. The molecule has 0 aliphatic carbocycles. The third kappa shape index (κ3) is 5.10. The van der Waals surface area contributed by atoms with E-state index in [0.29, 0.717) is 17.2 Å². The number of rotatable bonds is 7. The number of aromatic amines is 1. The molecule has 0 bridgehead atoms. The van der Waals surface area contributed by atoms with Gasteiger partial charge in [0.25, 0.3) is 11.5 Å². The van der Waals surface area contributed by atoms with E-state index in [-0.39, 0.29) is 18.0 Å². The van der Waals surface area contributed by atoms with E-state index in [0.717, 1.165) is 73.9 Å². The van der Waals surface area contributed by atoms with Crippen LogP contribution in [0.3, 0.4) is 0 Å². The summed E-state index contributed by atoms with van der Waals surface area (Å²) in [5.41, 5.74) is 8.55. The van der Waals surface area contributed by atoms with Gasteiger partial charge in [-0.15, -0.1) is 0 Å². The number of ether oxygens (including phenoxy) is 1. The molecule has 8 heteroatoms. The van der Waals surface area contributed by atoms with Gasteiger partial charge in [0.15, 0.2) is 0 Å². The molecule has 2 N–H and O–H groups in total. The number of fused-ring (bicyclic) bond motifs is 1. The molecule has 0 radical (unpaired) electrons. The molecule has 1 fully saturated rings. The van der Waals surface area contributed by atoms with E-state index >= 15 is 0 Å². The summed E-state index contributed by atoms with van der Waals surface area (Å²) < 4.78 is 7.75. The Hall–Kier alpha value is -3.52. The molecule has 3 aromatic rings. The van der Waals surface area contributed by atoms with Crippen LogP contribution in [-0.4, -0.2) is 41.3 Å². The van der Waals surface area contributed by atoms with Gasteiger partial charge in [-0.2, -0.15) is 0 Å². The molecule has 1 saturated heterocycles. The minimum atomic E-state index is -0.162. The number of pyridine rings is 1. The molecule has 0 unspecified atom stereocenters. The molecule has 202 valence electrons. The molecule has 0 atom stereocenters. The Morgan fingerprint density at radius 2 is 1.79 bits per heavy atom. The second kappa shape index (κ2) is 10.7. The maximum absolute atomic E-state index is 13.7. The van der Waals surface area contributed by atoms with Crippen LogP contribution in [0.2, 0.25) is 0 Å². The Morgan fingerprint density at radius 3 is 2.42 bits per heavy atom. The average molecular weight is 518 g/mol. The third-order valence-electron chi connectivity index (χ3n) is 8.03. The Balaban J connectivity index is 1.49. The van der Waals surface area contributed by atoms with Gasteiger partial charge >= 0.3 is 0 Å². The third-order valence-corrected chi connectivity index (χ3v) is 8.03. The molecular formula is C30H39N5O3. The number of carbonyl (C=O) groups is 1. The minimum absolute atomic E-state index is 0.152. The summed E-state index contributed by atoms with van der Waals surface area (Å²) in [7, 11) is 2.06. The van der Waals surface area contributed by atoms with Gasteiger partial charge in [0.05, 0.1) is 0 Å². The standard InChI is InChI=1S/C30H39N5O3/c1-6-35(24-7-9-38-10-8-24)28-13-25(34-17-22-15-33(5)16-23(22)18-34)12-26(21(28)4)29(36)31-14-27-19(2)11-20(3)32-30(27)37/h11-13,15-16,24H,6-10,14,17-18H2,1-5H3,(H,31,36)(H,32,37). The summed E-state index contributed by atoms with van der Waals surface area (Å²) in [6, 6.07) is 6.59. The number of nitrogens with one attached hydrogen (secondary N) is 2. The van der Waals surface area contributed by atoms with Crippen LogP contribution in [0.15, 0.2) is 35.4 Å². The SMILES string of the molecule is CCN(c1cc(N2Cc3cn(C)cc3C2)cc(C(=O)NCc2c(C)cc(C)[nH]c2=O)c1C)C1CCOCC1. The summed E-state index contributed by atoms with van der Waals surface area (Å²) in [4.78, 5) is 33.8. The summed E-state index contributed by atoms with van der Waals surface area (Å²) in [5, 5.41) is 3.04. The predicted octanol–water partition coefficient (Wildman–Crippen LogP) is 4.09. The number of nitrogens with zero attached hydrogens (tertiary/aromatic N) is 3. The average Bonchev–Trinajstić information content (AvgIpc) is 3.43. The van der Waals surface area contributed by atoms with Crippen LogP contribution in [0.25, 0.3) is 0 Å². The zero-order valence-electron chi connectivity index (χ0n) is 23.2. The first-order chi connectivity index (χ1) is 18.2. The molecule has 2 aromatic heterocycles. The lowest BCUT2D eigenvalue weighted by molar-refractivity contribution is 0.0846. The Labute approximate surface area is 224 Å². The van der Waals surface area contributed by atoms with Gasteiger partial charge in [0.2, 0.25) is 0 Å².